The molecular weight excluding hydrogens is 400 g/mol. The Morgan fingerprint density at radius 1 is 1.06 bits per heavy atom. The number of hydroxylamine groups is 2. The number of carbonyl (C=O) groups is 3. The van der Waals surface area contributed by atoms with Gasteiger partial charge in [-0.1, -0.05) is 55.5 Å². The van der Waals surface area contributed by atoms with Gasteiger partial charge in [-0.3, -0.25) is 9.63 Å². The molecule has 0 heterocycles. The zero-order chi connectivity index (χ0) is 22.4. The average molecular weight is 426 g/mol. The van der Waals surface area contributed by atoms with Crippen LogP contribution >= 0.6 is 0 Å². The minimum atomic E-state index is -1.18. The van der Waals surface area contributed by atoms with Crippen LogP contribution < -0.4 is 5.32 Å². The van der Waals surface area contributed by atoms with Crippen LogP contribution in [0.3, 0.4) is 0 Å². The topological polar surface area (TPSA) is 105 Å². The standard InChI is InChI=1S/C23H26N2O6/c1-3-15(12-21(26)25(2)31-14-22(27)28)24-23(29)30-13-20-18-10-6-4-8-16(18)17-9-5-7-11-19(17)20/h4-11,15,20H,3,12-14H2,1-2H3,(H,24,29)(H,27,28). The molecule has 0 aliphatic heterocycles. The summed E-state index contributed by atoms with van der Waals surface area (Å²) in [7, 11) is 1.34. The number of carbonyl (C=O) groups excluding carboxylic acids is 2. The number of hydrogen-bond donors (Lipinski definition) is 2. The summed E-state index contributed by atoms with van der Waals surface area (Å²) in [6.45, 7) is 1.41. The predicted octanol–water partition coefficient (Wildman–Crippen LogP) is 3.17. The van der Waals surface area contributed by atoms with Gasteiger partial charge in [0.2, 0.25) is 5.91 Å². The summed E-state index contributed by atoms with van der Waals surface area (Å²) in [6.07, 6.45) is -0.130. The summed E-state index contributed by atoms with van der Waals surface area (Å²) in [5, 5.41) is 12.2. The SMILES string of the molecule is CCC(CC(=O)N(C)OCC(=O)O)NC(=O)OCC1c2ccccc2-c2ccccc21. The van der Waals surface area contributed by atoms with E-state index in [0.717, 1.165) is 27.3 Å². The van der Waals surface area contributed by atoms with Crippen LogP contribution in [0.4, 0.5) is 4.79 Å². The number of nitrogens with one attached hydrogen (secondary N) is 1. The quantitative estimate of drug-likeness (QED) is 0.597. The maximum atomic E-state index is 12.4. The van der Waals surface area contributed by atoms with Crippen LogP contribution in [0.25, 0.3) is 11.1 Å². The van der Waals surface area contributed by atoms with Crippen molar-refractivity contribution in [2.24, 2.45) is 0 Å². The molecular formula is C23H26N2O6. The number of ether oxygens (including phenoxy) is 1. The van der Waals surface area contributed by atoms with E-state index in [1.54, 1.807) is 0 Å². The molecule has 2 aromatic carbocycles. The summed E-state index contributed by atoms with van der Waals surface area (Å²) in [5.74, 6) is -1.66. The molecule has 1 aliphatic carbocycles. The van der Waals surface area contributed by atoms with Gasteiger partial charge in [0.25, 0.3) is 0 Å². The van der Waals surface area contributed by atoms with Gasteiger partial charge in [0.1, 0.15) is 6.61 Å². The molecule has 1 atom stereocenters. The van der Waals surface area contributed by atoms with E-state index in [0.29, 0.717) is 6.42 Å². The van der Waals surface area contributed by atoms with Crippen LogP contribution in [0.1, 0.15) is 36.8 Å². The molecule has 0 radical (unpaired) electrons. The summed E-state index contributed by atoms with van der Waals surface area (Å²) in [5.41, 5.74) is 4.54. The third kappa shape index (κ3) is 5.40. The number of amides is 2. The van der Waals surface area contributed by atoms with Crippen molar-refractivity contribution in [1.82, 2.24) is 10.4 Å². The third-order valence-corrected chi connectivity index (χ3v) is 5.31. The van der Waals surface area contributed by atoms with Crippen LogP contribution in [0.15, 0.2) is 48.5 Å². The van der Waals surface area contributed by atoms with E-state index in [2.05, 4.69) is 17.4 Å². The Hall–Kier alpha value is -3.39. The molecule has 8 heteroatoms. The molecule has 8 nitrogen and oxygen atoms in total. The molecule has 0 saturated heterocycles. The van der Waals surface area contributed by atoms with E-state index in [9.17, 15) is 14.4 Å². The normalized spacial score (nSPS) is 13.1. The largest absolute Gasteiger partial charge is 0.479 e. The van der Waals surface area contributed by atoms with Crippen molar-refractivity contribution >= 4 is 18.0 Å². The number of rotatable bonds is 9. The van der Waals surface area contributed by atoms with Crippen LogP contribution in [-0.4, -0.2) is 54.4 Å². The lowest BCUT2D eigenvalue weighted by molar-refractivity contribution is -0.186. The molecule has 1 aliphatic rings. The van der Waals surface area contributed by atoms with Crippen LogP contribution in [0.5, 0.6) is 0 Å². The first-order valence-electron chi connectivity index (χ1n) is 10.1. The lowest BCUT2D eigenvalue weighted by Crippen LogP contribution is -2.40. The first kappa shape index (κ1) is 22.3. The summed E-state index contributed by atoms with van der Waals surface area (Å²) in [6, 6.07) is 15.7. The summed E-state index contributed by atoms with van der Waals surface area (Å²) < 4.78 is 5.51. The molecule has 0 fully saturated rings. The van der Waals surface area contributed by atoms with Crippen molar-refractivity contribution in [1.29, 1.82) is 0 Å². The Morgan fingerprint density at radius 3 is 2.19 bits per heavy atom. The Labute approximate surface area is 180 Å². The highest BCUT2D eigenvalue weighted by Gasteiger charge is 2.29. The van der Waals surface area contributed by atoms with Crippen LogP contribution in [-0.2, 0) is 19.2 Å². The molecule has 2 N–H and O–H groups in total. The number of alkyl carbamates (subject to hydrolysis) is 1. The number of nitrogens with zero attached hydrogens (tertiary/aromatic N) is 1. The highest BCUT2D eigenvalue weighted by molar-refractivity contribution is 5.79. The van der Waals surface area contributed by atoms with Crippen molar-refractivity contribution in [2.45, 2.75) is 31.7 Å². The highest BCUT2D eigenvalue weighted by Crippen LogP contribution is 2.44. The van der Waals surface area contributed by atoms with Crippen molar-refractivity contribution in [3.63, 3.8) is 0 Å². The van der Waals surface area contributed by atoms with Crippen molar-refractivity contribution in [3.05, 3.63) is 59.7 Å². The Kier molecular flexibility index (Phi) is 7.25. The third-order valence-electron chi connectivity index (χ3n) is 5.31. The fraction of sp³-hybridized carbons (Fsp3) is 0.348. The Morgan fingerprint density at radius 2 is 1.65 bits per heavy atom. The second-order valence-electron chi connectivity index (χ2n) is 7.34. The Bertz CT molecular complexity index is 915. The van der Waals surface area contributed by atoms with Crippen molar-refractivity contribution < 1.29 is 29.1 Å². The number of benzene rings is 2. The van der Waals surface area contributed by atoms with Gasteiger partial charge in [0.15, 0.2) is 6.61 Å². The minimum Gasteiger partial charge on any atom is -0.479 e. The van der Waals surface area contributed by atoms with Gasteiger partial charge in [-0.2, -0.15) is 0 Å². The first-order valence-corrected chi connectivity index (χ1v) is 10.1. The second kappa shape index (κ2) is 10.1. The van der Waals surface area contributed by atoms with E-state index in [-0.39, 0.29) is 18.9 Å². The zero-order valence-corrected chi connectivity index (χ0v) is 17.5. The number of fused-ring (bicyclic) bond motifs is 3. The smallest absolute Gasteiger partial charge is 0.407 e. The molecule has 0 bridgehead atoms. The monoisotopic (exact) mass is 426 g/mol. The molecule has 3 rings (SSSR count). The Balaban J connectivity index is 1.56. The number of aliphatic carboxylic acids is 1. The van der Waals surface area contributed by atoms with E-state index in [1.807, 2.05) is 43.3 Å². The molecule has 0 aromatic heterocycles. The molecule has 1 unspecified atom stereocenters. The minimum absolute atomic E-state index is 0.0309. The fourth-order valence-electron chi connectivity index (χ4n) is 3.67. The summed E-state index contributed by atoms with van der Waals surface area (Å²) >= 11 is 0. The fourth-order valence-corrected chi connectivity index (χ4v) is 3.67. The van der Waals surface area contributed by atoms with Gasteiger partial charge in [-0.15, -0.1) is 0 Å². The van der Waals surface area contributed by atoms with Gasteiger partial charge in [0.05, 0.1) is 0 Å². The van der Waals surface area contributed by atoms with Crippen LogP contribution in [0, 0.1) is 0 Å². The van der Waals surface area contributed by atoms with Gasteiger partial charge in [0, 0.05) is 25.4 Å². The lowest BCUT2D eigenvalue weighted by atomic mass is 9.98. The maximum Gasteiger partial charge on any atom is 0.407 e. The lowest BCUT2D eigenvalue weighted by Gasteiger charge is -2.21. The number of carboxylic acid groups (broad SMARTS) is 1. The van der Waals surface area contributed by atoms with Gasteiger partial charge >= 0.3 is 12.1 Å². The van der Waals surface area contributed by atoms with Crippen LogP contribution in [0.2, 0.25) is 0 Å². The van der Waals surface area contributed by atoms with Gasteiger partial charge < -0.3 is 15.2 Å². The number of carboxylic acids is 1. The number of hydrogen-bond acceptors (Lipinski definition) is 5. The predicted molar refractivity (Wildman–Crippen MR) is 113 cm³/mol. The van der Waals surface area contributed by atoms with E-state index in [1.165, 1.54) is 7.05 Å². The molecule has 31 heavy (non-hydrogen) atoms. The maximum absolute atomic E-state index is 12.4. The molecule has 2 amide bonds. The molecule has 164 valence electrons. The molecule has 0 saturated carbocycles. The highest BCUT2D eigenvalue weighted by atomic mass is 16.7. The second-order valence-corrected chi connectivity index (χ2v) is 7.34. The van der Waals surface area contributed by atoms with E-state index in [4.69, 9.17) is 14.7 Å². The van der Waals surface area contributed by atoms with Gasteiger partial charge in [-0.05, 0) is 28.7 Å². The first-order chi connectivity index (χ1) is 14.9. The average Bonchev–Trinajstić information content (AvgIpc) is 3.09. The van der Waals surface area contributed by atoms with E-state index < -0.39 is 30.6 Å². The molecule has 0 spiro atoms. The summed E-state index contributed by atoms with van der Waals surface area (Å²) in [4.78, 5) is 39.9. The van der Waals surface area contributed by atoms with Crippen molar-refractivity contribution in [3.8, 4) is 11.1 Å². The zero-order valence-electron chi connectivity index (χ0n) is 17.5. The van der Waals surface area contributed by atoms with Crippen molar-refractivity contribution in [2.75, 3.05) is 20.3 Å². The molecule has 2 aromatic rings. The van der Waals surface area contributed by atoms with Gasteiger partial charge in [-0.25, -0.2) is 14.7 Å². The van der Waals surface area contributed by atoms with E-state index >= 15 is 0 Å².